The smallest absolute Gasteiger partial charge is 0.0681 e. The van der Waals surface area contributed by atoms with Crippen molar-refractivity contribution in [2.75, 3.05) is 11.4 Å². The van der Waals surface area contributed by atoms with Gasteiger partial charge in [-0.25, -0.2) is 0 Å². The molecule has 0 aromatic heterocycles. The predicted octanol–water partition coefficient (Wildman–Crippen LogP) is 2.56. The maximum atomic E-state index is 8.98. The lowest BCUT2D eigenvalue weighted by atomic mass is 10.2. The van der Waals surface area contributed by atoms with Crippen molar-refractivity contribution in [1.29, 1.82) is 0 Å². The lowest BCUT2D eigenvalue weighted by Gasteiger charge is -2.24. The maximum Gasteiger partial charge on any atom is 0.0681 e. The third kappa shape index (κ3) is 2.51. The number of anilines is 1. The molecule has 0 bridgehead atoms. The fourth-order valence-electron chi connectivity index (χ4n) is 1.94. The van der Waals surface area contributed by atoms with Gasteiger partial charge in [-0.2, -0.15) is 0 Å². The summed E-state index contributed by atoms with van der Waals surface area (Å²) in [4.78, 5) is 2.49. The molecule has 15 heavy (non-hydrogen) atoms. The molecule has 0 unspecified atom stereocenters. The first-order valence-corrected chi connectivity index (χ1v) is 5.81. The van der Waals surface area contributed by atoms with E-state index in [1.807, 2.05) is 12.1 Å². The number of rotatable bonds is 5. The average molecular weight is 205 g/mol. The van der Waals surface area contributed by atoms with Crippen LogP contribution in [0.3, 0.4) is 0 Å². The van der Waals surface area contributed by atoms with Crippen LogP contribution in [0, 0.1) is 0 Å². The van der Waals surface area contributed by atoms with Gasteiger partial charge in [0.25, 0.3) is 0 Å². The molecule has 1 aliphatic carbocycles. The zero-order valence-corrected chi connectivity index (χ0v) is 9.32. The Morgan fingerprint density at radius 1 is 1.27 bits per heavy atom. The van der Waals surface area contributed by atoms with Gasteiger partial charge in [0.1, 0.15) is 0 Å². The van der Waals surface area contributed by atoms with E-state index in [0.29, 0.717) is 0 Å². The minimum atomic E-state index is 0.136. The van der Waals surface area contributed by atoms with Crippen molar-refractivity contribution in [1.82, 2.24) is 0 Å². The quantitative estimate of drug-likeness (QED) is 0.798. The second kappa shape index (κ2) is 4.67. The van der Waals surface area contributed by atoms with Crippen LogP contribution in [0.15, 0.2) is 24.3 Å². The van der Waals surface area contributed by atoms with Gasteiger partial charge in [-0.15, -0.1) is 0 Å². The fraction of sp³-hybridized carbons (Fsp3) is 0.538. The summed E-state index contributed by atoms with van der Waals surface area (Å²) in [5.74, 6) is 0. The molecule has 0 aliphatic heterocycles. The molecule has 1 aromatic carbocycles. The highest BCUT2D eigenvalue weighted by molar-refractivity contribution is 5.49. The zero-order chi connectivity index (χ0) is 10.7. The van der Waals surface area contributed by atoms with Crippen LogP contribution in [-0.4, -0.2) is 17.7 Å². The Bertz CT molecular complexity index is 303. The van der Waals surface area contributed by atoms with Crippen LogP contribution in [0.5, 0.6) is 0 Å². The van der Waals surface area contributed by atoms with Crippen molar-refractivity contribution in [2.24, 2.45) is 0 Å². The molecule has 0 heterocycles. The van der Waals surface area contributed by atoms with Gasteiger partial charge in [-0.05, 0) is 37.0 Å². The Morgan fingerprint density at radius 2 is 1.93 bits per heavy atom. The van der Waals surface area contributed by atoms with Crippen molar-refractivity contribution in [3.8, 4) is 0 Å². The number of aliphatic hydroxyl groups excluding tert-OH is 1. The van der Waals surface area contributed by atoms with Crippen molar-refractivity contribution >= 4 is 5.69 Å². The van der Waals surface area contributed by atoms with Crippen LogP contribution in [0.1, 0.15) is 31.7 Å². The first kappa shape index (κ1) is 10.5. The van der Waals surface area contributed by atoms with Crippen LogP contribution in [0.25, 0.3) is 0 Å². The van der Waals surface area contributed by atoms with Crippen LogP contribution >= 0.6 is 0 Å². The predicted molar refractivity (Wildman–Crippen MR) is 63.0 cm³/mol. The molecule has 1 aromatic rings. The monoisotopic (exact) mass is 205 g/mol. The summed E-state index contributed by atoms with van der Waals surface area (Å²) in [6.07, 6.45) is 3.86. The lowest BCUT2D eigenvalue weighted by molar-refractivity contribution is 0.282. The first-order valence-electron chi connectivity index (χ1n) is 5.81. The van der Waals surface area contributed by atoms with Crippen LogP contribution in [0.2, 0.25) is 0 Å². The van der Waals surface area contributed by atoms with Crippen molar-refractivity contribution < 1.29 is 5.11 Å². The third-order valence-corrected chi connectivity index (χ3v) is 2.90. The molecule has 0 amide bonds. The molecule has 0 spiro atoms. The number of aliphatic hydroxyl groups is 1. The SMILES string of the molecule is CCCN(c1ccc(CO)cc1)C1CC1. The minimum Gasteiger partial charge on any atom is -0.392 e. The van der Waals surface area contributed by atoms with E-state index in [-0.39, 0.29) is 6.61 Å². The molecule has 0 atom stereocenters. The second-order valence-corrected chi connectivity index (χ2v) is 4.25. The van der Waals surface area contributed by atoms with Crippen molar-refractivity contribution in [2.45, 2.75) is 38.8 Å². The van der Waals surface area contributed by atoms with Crippen LogP contribution in [-0.2, 0) is 6.61 Å². The average Bonchev–Trinajstić information content (AvgIpc) is 3.10. The summed E-state index contributed by atoms with van der Waals surface area (Å²) in [5.41, 5.74) is 2.29. The third-order valence-electron chi connectivity index (χ3n) is 2.90. The molecular weight excluding hydrogens is 186 g/mol. The van der Waals surface area contributed by atoms with E-state index < -0.39 is 0 Å². The summed E-state index contributed by atoms with van der Waals surface area (Å²) in [5, 5.41) is 8.98. The van der Waals surface area contributed by atoms with Gasteiger partial charge >= 0.3 is 0 Å². The van der Waals surface area contributed by atoms with E-state index in [1.54, 1.807) is 0 Å². The molecule has 2 heteroatoms. The molecular formula is C13H19NO. The van der Waals surface area contributed by atoms with E-state index >= 15 is 0 Å². The topological polar surface area (TPSA) is 23.5 Å². The number of hydrogen-bond acceptors (Lipinski definition) is 2. The van der Waals surface area contributed by atoms with E-state index in [2.05, 4.69) is 24.0 Å². The highest BCUT2D eigenvalue weighted by Crippen LogP contribution is 2.31. The molecule has 1 aliphatic rings. The molecule has 0 radical (unpaired) electrons. The zero-order valence-electron chi connectivity index (χ0n) is 9.32. The molecule has 0 saturated heterocycles. The normalized spacial score (nSPS) is 15.3. The van der Waals surface area contributed by atoms with E-state index in [9.17, 15) is 0 Å². The van der Waals surface area contributed by atoms with E-state index in [0.717, 1.165) is 18.2 Å². The second-order valence-electron chi connectivity index (χ2n) is 4.25. The summed E-state index contributed by atoms with van der Waals surface area (Å²) in [7, 11) is 0. The minimum absolute atomic E-state index is 0.136. The number of nitrogens with zero attached hydrogens (tertiary/aromatic N) is 1. The van der Waals surface area contributed by atoms with Gasteiger partial charge < -0.3 is 10.0 Å². The van der Waals surface area contributed by atoms with E-state index in [4.69, 9.17) is 5.11 Å². The Hall–Kier alpha value is -1.02. The van der Waals surface area contributed by atoms with Gasteiger partial charge in [0.2, 0.25) is 0 Å². The van der Waals surface area contributed by atoms with Crippen molar-refractivity contribution in [3.63, 3.8) is 0 Å². The molecule has 2 rings (SSSR count). The summed E-state index contributed by atoms with van der Waals surface area (Å²) in [6, 6.07) is 9.05. The van der Waals surface area contributed by atoms with Crippen LogP contribution in [0.4, 0.5) is 5.69 Å². The van der Waals surface area contributed by atoms with Gasteiger partial charge in [-0.3, -0.25) is 0 Å². The molecule has 1 N–H and O–H groups in total. The van der Waals surface area contributed by atoms with Gasteiger partial charge in [0.05, 0.1) is 6.61 Å². The summed E-state index contributed by atoms with van der Waals surface area (Å²) in [6.45, 7) is 3.50. The van der Waals surface area contributed by atoms with Gasteiger partial charge in [-0.1, -0.05) is 19.1 Å². The number of hydrogen-bond donors (Lipinski definition) is 1. The Kier molecular flexibility index (Phi) is 3.27. The standard InChI is InChI=1S/C13H19NO/c1-2-9-14(13-7-8-13)12-5-3-11(10-15)4-6-12/h3-6,13,15H,2,7-10H2,1H3. The summed E-state index contributed by atoms with van der Waals surface area (Å²) < 4.78 is 0. The largest absolute Gasteiger partial charge is 0.392 e. The Balaban J connectivity index is 2.10. The van der Waals surface area contributed by atoms with E-state index in [1.165, 1.54) is 24.9 Å². The lowest BCUT2D eigenvalue weighted by Crippen LogP contribution is -2.26. The molecule has 82 valence electrons. The molecule has 1 saturated carbocycles. The highest BCUT2D eigenvalue weighted by atomic mass is 16.3. The Labute approximate surface area is 91.5 Å². The summed E-state index contributed by atoms with van der Waals surface area (Å²) >= 11 is 0. The maximum absolute atomic E-state index is 8.98. The molecule has 1 fully saturated rings. The molecule has 2 nitrogen and oxygen atoms in total. The van der Waals surface area contributed by atoms with Gasteiger partial charge in [0.15, 0.2) is 0 Å². The fourth-order valence-corrected chi connectivity index (χ4v) is 1.94. The first-order chi connectivity index (χ1) is 7.35. The van der Waals surface area contributed by atoms with Crippen LogP contribution < -0.4 is 4.90 Å². The number of benzene rings is 1. The van der Waals surface area contributed by atoms with Crippen molar-refractivity contribution in [3.05, 3.63) is 29.8 Å². The highest BCUT2D eigenvalue weighted by Gasteiger charge is 2.28. The Morgan fingerprint density at radius 3 is 2.40 bits per heavy atom. The van der Waals surface area contributed by atoms with Gasteiger partial charge in [0, 0.05) is 18.3 Å².